The van der Waals surface area contributed by atoms with E-state index in [2.05, 4.69) is 9.55 Å². The van der Waals surface area contributed by atoms with Crippen molar-refractivity contribution in [3.05, 3.63) is 36.2 Å². The second-order valence-electron chi connectivity index (χ2n) is 4.78. The summed E-state index contributed by atoms with van der Waals surface area (Å²) in [6, 6.07) is 7.26. The second-order valence-corrected chi connectivity index (χ2v) is 4.78. The molecule has 3 rings (SSSR count). The predicted octanol–water partition coefficient (Wildman–Crippen LogP) is 1.81. The number of aromatic nitrogens is 2. The SMILES string of the molecule is OCC1CCn2c(cnc2-c2ccccc2O)C1. The quantitative estimate of drug-likeness (QED) is 0.847. The molecule has 1 aromatic carbocycles. The van der Waals surface area contributed by atoms with E-state index in [1.54, 1.807) is 12.1 Å². The van der Waals surface area contributed by atoms with Crippen molar-refractivity contribution in [2.45, 2.75) is 19.4 Å². The highest BCUT2D eigenvalue weighted by atomic mass is 16.3. The fourth-order valence-electron chi connectivity index (χ4n) is 2.57. The lowest BCUT2D eigenvalue weighted by Crippen LogP contribution is -2.21. The fourth-order valence-corrected chi connectivity index (χ4v) is 2.57. The number of aromatic hydroxyl groups is 1. The zero-order chi connectivity index (χ0) is 12.5. The number of hydrogen-bond acceptors (Lipinski definition) is 3. The van der Waals surface area contributed by atoms with Crippen LogP contribution >= 0.6 is 0 Å². The van der Waals surface area contributed by atoms with E-state index in [9.17, 15) is 10.2 Å². The molecule has 1 aliphatic rings. The maximum absolute atomic E-state index is 9.89. The van der Waals surface area contributed by atoms with Crippen LogP contribution in [-0.2, 0) is 13.0 Å². The first-order chi connectivity index (χ1) is 8.79. The summed E-state index contributed by atoms with van der Waals surface area (Å²) in [7, 11) is 0. The Labute approximate surface area is 106 Å². The maximum Gasteiger partial charge on any atom is 0.143 e. The van der Waals surface area contributed by atoms with Crippen molar-refractivity contribution in [1.29, 1.82) is 0 Å². The Morgan fingerprint density at radius 1 is 1.33 bits per heavy atom. The predicted molar refractivity (Wildman–Crippen MR) is 68.2 cm³/mol. The lowest BCUT2D eigenvalue weighted by Gasteiger charge is -2.23. The summed E-state index contributed by atoms with van der Waals surface area (Å²) in [5, 5.41) is 19.1. The van der Waals surface area contributed by atoms with Gasteiger partial charge in [0.25, 0.3) is 0 Å². The highest BCUT2D eigenvalue weighted by molar-refractivity contribution is 5.64. The van der Waals surface area contributed by atoms with E-state index in [1.807, 2.05) is 18.3 Å². The van der Waals surface area contributed by atoms with Gasteiger partial charge in [0, 0.05) is 25.0 Å². The molecule has 0 bridgehead atoms. The summed E-state index contributed by atoms with van der Waals surface area (Å²) >= 11 is 0. The van der Waals surface area contributed by atoms with Gasteiger partial charge in [-0.2, -0.15) is 0 Å². The van der Waals surface area contributed by atoms with Crippen molar-refractivity contribution in [3.8, 4) is 17.1 Å². The standard InChI is InChI=1S/C14H16N2O2/c17-9-10-5-6-16-11(7-10)8-15-14(16)12-3-1-2-4-13(12)18/h1-4,8,10,17-18H,5-7,9H2. The highest BCUT2D eigenvalue weighted by Crippen LogP contribution is 2.31. The Morgan fingerprint density at radius 2 is 2.17 bits per heavy atom. The first-order valence-electron chi connectivity index (χ1n) is 6.23. The first kappa shape index (κ1) is 11.3. The minimum absolute atomic E-state index is 0.233. The summed E-state index contributed by atoms with van der Waals surface area (Å²) in [4.78, 5) is 4.42. The van der Waals surface area contributed by atoms with Crippen LogP contribution in [-0.4, -0.2) is 26.4 Å². The molecule has 1 aromatic heterocycles. The molecule has 1 unspecified atom stereocenters. The number of aliphatic hydroxyl groups excluding tert-OH is 1. The molecule has 2 aromatic rings. The van der Waals surface area contributed by atoms with E-state index in [1.165, 1.54) is 0 Å². The molecule has 94 valence electrons. The van der Waals surface area contributed by atoms with Gasteiger partial charge in [0.1, 0.15) is 11.6 Å². The van der Waals surface area contributed by atoms with Gasteiger partial charge in [-0.25, -0.2) is 4.98 Å². The average Bonchev–Trinajstić information content (AvgIpc) is 2.82. The van der Waals surface area contributed by atoms with Crippen molar-refractivity contribution in [2.75, 3.05) is 6.61 Å². The number of aliphatic hydroxyl groups is 1. The Morgan fingerprint density at radius 3 is 2.94 bits per heavy atom. The van der Waals surface area contributed by atoms with Crippen molar-refractivity contribution in [1.82, 2.24) is 9.55 Å². The van der Waals surface area contributed by atoms with Gasteiger partial charge in [-0.05, 0) is 30.9 Å². The molecule has 0 fully saturated rings. The molecule has 4 nitrogen and oxygen atoms in total. The minimum Gasteiger partial charge on any atom is -0.507 e. The molecule has 0 spiro atoms. The molecule has 2 N–H and O–H groups in total. The number of phenolic OH excluding ortho intramolecular Hbond substituents is 1. The van der Waals surface area contributed by atoms with Crippen LogP contribution in [0.2, 0.25) is 0 Å². The molecule has 1 atom stereocenters. The van der Waals surface area contributed by atoms with Gasteiger partial charge in [0.05, 0.1) is 5.56 Å². The monoisotopic (exact) mass is 244 g/mol. The summed E-state index contributed by atoms with van der Waals surface area (Å²) in [6.07, 6.45) is 3.67. The first-order valence-corrected chi connectivity index (χ1v) is 6.23. The second kappa shape index (κ2) is 4.46. The lowest BCUT2D eigenvalue weighted by molar-refractivity contribution is 0.201. The molecule has 0 saturated carbocycles. The van der Waals surface area contributed by atoms with Crippen LogP contribution in [0.4, 0.5) is 0 Å². The molecule has 0 saturated heterocycles. The summed E-state index contributed by atoms with van der Waals surface area (Å²) in [5.41, 5.74) is 1.91. The Bertz CT molecular complexity index is 563. The maximum atomic E-state index is 9.89. The van der Waals surface area contributed by atoms with Gasteiger partial charge in [-0.15, -0.1) is 0 Å². The largest absolute Gasteiger partial charge is 0.507 e. The van der Waals surface area contributed by atoms with Gasteiger partial charge in [-0.3, -0.25) is 0 Å². The van der Waals surface area contributed by atoms with E-state index in [4.69, 9.17) is 0 Å². The third-order valence-electron chi connectivity index (χ3n) is 3.60. The number of para-hydroxylation sites is 1. The van der Waals surface area contributed by atoms with Gasteiger partial charge in [0.2, 0.25) is 0 Å². The van der Waals surface area contributed by atoms with Crippen LogP contribution in [0.5, 0.6) is 5.75 Å². The fraction of sp³-hybridized carbons (Fsp3) is 0.357. The molecule has 0 radical (unpaired) electrons. The van der Waals surface area contributed by atoms with Crippen LogP contribution < -0.4 is 0 Å². The normalized spacial score (nSPS) is 18.6. The number of benzene rings is 1. The van der Waals surface area contributed by atoms with Gasteiger partial charge in [-0.1, -0.05) is 12.1 Å². The number of fused-ring (bicyclic) bond motifs is 1. The number of rotatable bonds is 2. The summed E-state index contributed by atoms with van der Waals surface area (Å²) in [5.74, 6) is 1.42. The summed E-state index contributed by atoms with van der Waals surface area (Å²) < 4.78 is 2.14. The Kier molecular flexibility index (Phi) is 2.80. The van der Waals surface area contributed by atoms with Crippen molar-refractivity contribution < 1.29 is 10.2 Å². The molecular formula is C14H16N2O2. The molecule has 18 heavy (non-hydrogen) atoms. The Hall–Kier alpha value is -1.81. The van der Waals surface area contributed by atoms with Crippen molar-refractivity contribution in [2.24, 2.45) is 5.92 Å². The molecule has 1 aliphatic heterocycles. The van der Waals surface area contributed by atoms with E-state index >= 15 is 0 Å². The van der Waals surface area contributed by atoms with Gasteiger partial charge < -0.3 is 14.8 Å². The van der Waals surface area contributed by atoms with Gasteiger partial charge >= 0.3 is 0 Å². The molecule has 2 heterocycles. The zero-order valence-corrected chi connectivity index (χ0v) is 10.1. The van der Waals surface area contributed by atoms with Crippen molar-refractivity contribution in [3.63, 3.8) is 0 Å². The highest BCUT2D eigenvalue weighted by Gasteiger charge is 2.22. The number of nitrogens with zero attached hydrogens (tertiary/aromatic N) is 2. The van der Waals surface area contributed by atoms with Crippen molar-refractivity contribution >= 4 is 0 Å². The summed E-state index contributed by atoms with van der Waals surface area (Å²) in [6.45, 7) is 1.08. The zero-order valence-electron chi connectivity index (χ0n) is 10.1. The third-order valence-corrected chi connectivity index (χ3v) is 3.60. The van der Waals surface area contributed by atoms with E-state index in [-0.39, 0.29) is 12.4 Å². The van der Waals surface area contributed by atoms with Gasteiger partial charge in [0.15, 0.2) is 0 Å². The van der Waals surface area contributed by atoms with Crippen LogP contribution in [0, 0.1) is 5.92 Å². The van der Waals surface area contributed by atoms with E-state index < -0.39 is 0 Å². The molecule has 4 heteroatoms. The minimum atomic E-state index is 0.233. The van der Waals surface area contributed by atoms with Crippen LogP contribution in [0.1, 0.15) is 12.1 Å². The number of hydrogen-bond donors (Lipinski definition) is 2. The molecule has 0 aliphatic carbocycles. The van der Waals surface area contributed by atoms with Crippen LogP contribution in [0.3, 0.4) is 0 Å². The van der Waals surface area contributed by atoms with E-state index in [0.29, 0.717) is 5.92 Å². The lowest BCUT2D eigenvalue weighted by atomic mass is 9.97. The number of phenols is 1. The smallest absolute Gasteiger partial charge is 0.143 e. The molecule has 0 amide bonds. The van der Waals surface area contributed by atoms with Crippen LogP contribution in [0.25, 0.3) is 11.4 Å². The van der Waals surface area contributed by atoms with Crippen LogP contribution in [0.15, 0.2) is 30.5 Å². The topological polar surface area (TPSA) is 58.3 Å². The Balaban J connectivity index is 2.01. The molecular weight excluding hydrogens is 228 g/mol. The number of imidazole rings is 1. The average molecular weight is 244 g/mol. The van der Waals surface area contributed by atoms with E-state index in [0.717, 1.165) is 36.5 Å². The third kappa shape index (κ3) is 1.78.